The predicted molar refractivity (Wildman–Crippen MR) is 261 cm³/mol. The Labute approximate surface area is 385 Å². The molecule has 0 unspecified atom stereocenters. The third kappa shape index (κ3) is 6.73. The van der Waals surface area contributed by atoms with Crippen molar-refractivity contribution in [1.82, 2.24) is 0 Å². The molecule has 0 saturated carbocycles. The first-order valence-corrected chi connectivity index (χ1v) is 19.4. The maximum absolute atomic E-state index is 9.67. The second-order valence-corrected chi connectivity index (χ2v) is 14.1. The molecule has 0 amide bonds. The van der Waals surface area contributed by atoms with E-state index in [1.807, 2.05) is 60.7 Å². The van der Waals surface area contributed by atoms with Crippen LogP contribution in [0.4, 0.5) is 17.1 Å². The van der Waals surface area contributed by atoms with Gasteiger partial charge in [0.25, 0.3) is 0 Å². The van der Waals surface area contributed by atoms with Gasteiger partial charge in [-0.3, -0.25) is 0 Å². The molecule has 11 aromatic carbocycles. The Hall–Kier alpha value is -8.00. The summed E-state index contributed by atoms with van der Waals surface area (Å²) in [6.45, 7) is 0. The van der Waals surface area contributed by atoms with Crippen molar-refractivity contribution in [3.63, 3.8) is 0 Å². The summed E-state index contributed by atoms with van der Waals surface area (Å²) in [4.78, 5) is 0.988. The van der Waals surface area contributed by atoms with Gasteiger partial charge in [-0.15, -0.1) is 0 Å². The van der Waals surface area contributed by atoms with Gasteiger partial charge in [0, 0.05) is 17.1 Å². The molecular weight excluding hydrogens is 735 g/mol. The number of rotatable bonds is 8. The molecule has 11 aromatic rings. The second-order valence-electron chi connectivity index (χ2n) is 14.1. The van der Waals surface area contributed by atoms with Crippen LogP contribution in [-0.4, -0.2) is 0 Å². The van der Waals surface area contributed by atoms with Crippen LogP contribution in [0, 0.1) is 0 Å². The fraction of sp³-hybridized carbons (Fsp3) is 0. The highest BCUT2D eigenvalue weighted by molar-refractivity contribution is 6.22. The first-order chi connectivity index (χ1) is 38.6. The third-order valence-corrected chi connectivity index (χ3v) is 10.6. The van der Waals surface area contributed by atoms with E-state index >= 15 is 0 Å². The number of benzene rings is 11. The topological polar surface area (TPSA) is 3.24 Å². The van der Waals surface area contributed by atoms with Crippen molar-refractivity contribution < 1.29 is 27.4 Å². The number of nitrogens with zero attached hydrogens (tertiary/aromatic N) is 1. The lowest BCUT2D eigenvalue weighted by Crippen LogP contribution is -2.09. The summed E-state index contributed by atoms with van der Waals surface area (Å²) in [6.07, 6.45) is 0. The highest BCUT2D eigenvalue weighted by Gasteiger charge is 2.19. The zero-order valence-corrected chi connectivity index (χ0v) is 32.1. The summed E-state index contributed by atoms with van der Waals surface area (Å²) in [5.74, 6) is 0. The van der Waals surface area contributed by atoms with Crippen molar-refractivity contribution in [3.05, 3.63) is 248 Å². The highest BCUT2D eigenvalue weighted by atomic mass is 15.1. The van der Waals surface area contributed by atoms with Gasteiger partial charge in [0.2, 0.25) is 0 Å². The van der Waals surface area contributed by atoms with E-state index < -0.39 is 165 Å². The van der Waals surface area contributed by atoms with Crippen molar-refractivity contribution in [2.45, 2.75) is 0 Å². The average Bonchev–Trinajstić information content (AvgIpc) is 3.68. The smallest absolute Gasteiger partial charge is 0.0645 e. The van der Waals surface area contributed by atoms with Gasteiger partial charge in [0.05, 0.1) is 27.4 Å². The van der Waals surface area contributed by atoms with Gasteiger partial charge < -0.3 is 4.90 Å². The van der Waals surface area contributed by atoms with Gasteiger partial charge in [-0.1, -0.05) is 206 Å². The first kappa shape index (κ1) is 20.8. The van der Waals surface area contributed by atoms with E-state index in [1.54, 1.807) is 12.1 Å². The number of anilines is 3. The van der Waals surface area contributed by atoms with Crippen LogP contribution in [0.1, 0.15) is 27.4 Å². The fourth-order valence-electron chi connectivity index (χ4n) is 7.81. The molecule has 0 aliphatic rings. The van der Waals surface area contributed by atoms with Gasteiger partial charge in [-0.2, -0.15) is 0 Å². The molecular formula is C60H41N. The Morgan fingerprint density at radius 3 is 1.49 bits per heavy atom. The van der Waals surface area contributed by atoms with Gasteiger partial charge in [0.1, 0.15) is 0 Å². The van der Waals surface area contributed by atoms with Gasteiger partial charge in [-0.05, 0) is 130 Å². The molecule has 0 aliphatic carbocycles. The Morgan fingerprint density at radius 2 is 0.803 bits per heavy atom. The third-order valence-electron chi connectivity index (χ3n) is 10.6. The molecule has 0 spiro atoms. The summed E-state index contributed by atoms with van der Waals surface area (Å²) in [5.41, 5.74) is 1.60. The number of hydrogen-bond acceptors (Lipinski definition) is 1. The molecule has 0 bridgehead atoms. The quantitative estimate of drug-likeness (QED) is 0.139. The Morgan fingerprint density at radius 1 is 0.279 bits per heavy atom. The minimum atomic E-state index is -0.897. The summed E-state index contributed by atoms with van der Waals surface area (Å²) in [7, 11) is 0. The van der Waals surface area contributed by atoms with Gasteiger partial charge >= 0.3 is 0 Å². The van der Waals surface area contributed by atoms with E-state index in [0.29, 0.717) is 5.56 Å². The van der Waals surface area contributed by atoms with E-state index in [4.69, 9.17) is 16.4 Å². The molecule has 0 N–H and O–H groups in total. The first-order valence-electron chi connectivity index (χ1n) is 29.4. The van der Waals surface area contributed by atoms with Crippen LogP contribution in [0.5, 0.6) is 0 Å². The van der Waals surface area contributed by atoms with E-state index in [9.17, 15) is 11.0 Å². The summed E-state index contributed by atoms with van der Waals surface area (Å²) < 4.78 is 179. The van der Waals surface area contributed by atoms with Crippen LogP contribution in [0.2, 0.25) is 0 Å². The van der Waals surface area contributed by atoms with E-state index in [1.165, 1.54) is 12.1 Å². The minimum absolute atomic E-state index is 0.0143. The maximum atomic E-state index is 9.67. The molecule has 0 atom stereocenters. The molecule has 0 radical (unpaired) electrons. The SMILES string of the molecule is [2H]c1c([2H])c([2H])c(-c2c([2H])c([2H])c(N(c3ccc(-c4ccc5c(c4)c(-c4ccccc4)c(-c4ccccc4)c4ccccc45)cc3)c3c([2H])c([2H])c(-c4c([2H])c([2H])c([2H])c5c([2H])c([2H])c([2H])c([2H])c45)c([2H])c3[2H])c([2H])c2[2H])c([2H])c1[2H]. The van der Waals surface area contributed by atoms with E-state index in [-0.39, 0.29) is 5.69 Å². The molecule has 286 valence electrons. The zero-order valence-electron chi connectivity index (χ0n) is 52.1. The van der Waals surface area contributed by atoms with Gasteiger partial charge in [0.15, 0.2) is 0 Å². The van der Waals surface area contributed by atoms with Crippen LogP contribution in [0.25, 0.3) is 88.0 Å². The molecule has 1 heteroatoms. The van der Waals surface area contributed by atoms with Crippen molar-refractivity contribution in [1.29, 1.82) is 0 Å². The Bertz CT molecular complexity index is 4420. The van der Waals surface area contributed by atoms with Crippen LogP contribution in [-0.2, 0) is 0 Å². The molecule has 0 aliphatic heterocycles. The second kappa shape index (κ2) is 15.6. The molecule has 0 aromatic heterocycles. The highest BCUT2D eigenvalue weighted by Crippen LogP contribution is 2.46. The standard InChI is InChI=1S/C60H41N/c1-4-15-42(16-5-1)43-27-34-50(35-28-43)61(52-38-31-46(32-39-52)54-26-14-22-45-17-10-11-23-53(45)54)51-36-29-44(30-37-51)49-33-40-56-55-24-12-13-25-57(55)59(47-18-6-2-7-19-47)60(58(56)41-49)48-20-8-3-9-21-48/h1-41H/i1D,4D,5D,10D,11D,14D,15D,16D,17D,22D,23D,26D,27D,28D,31D,32D,34D,35D,38D,39D. The van der Waals surface area contributed by atoms with Crippen molar-refractivity contribution in [3.8, 4) is 55.6 Å². The summed E-state index contributed by atoms with van der Waals surface area (Å²) in [6, 6.07) is 24.4. The fourth-order valence-corrected chi connectivity index (χ4v) is 7.81. The van der Waals surface area contributed by atoms with E-state index in [2.05, 4.69) is 42.5 Å². The van der Waals surface area contributed by atoms with Crippen molar-refractivity contribution in [2.75, 3.05) is 4.90 Å². The van der Waals surface area contributed by atoms with Crippen LogP contribution in [0.15, 0.2) is 248 Å². The average molecular weight is 796 g/mol. The molecule has 0 fully saturated rings. The number of fused-ring (bicyclic) bond motifs is 4. The Kier molecular flexibility index (Phi) is 5.33. The van der Waals surface area contributed by atoms with Crippen LogP contribution >= 0.6 is 0 Å². The molecule has 11 rings (SSSR count). The lowest BCUT2D eigenvalue weighted by molar-refractivity contribution is 1.28. The largest absolute Gasteiger partial charge is 0.311 e. The lowest BCUT2D eigenvalue weighted by Gasteiger charge is -2.26. The van der Waals surface area contributed by atoms with E-state index in [0.717, 1.165) is 54.3 Å². The normalized spacial score (nSPS) is 15.9. The molecule has 0 heterocycles. The van der Waals surface area contributed by atoms with Crippen LogP contribution < -0.4 is 4.90 Å². The monoisotopic (exact) mass is 795 g/mol. The van der Waals surface area contributed by atoms with Crippen molar-refractivity contribution >= 4 is 49.4 Å². The molecule has 0 saturated heterocycles. The zero-order chi connectivity index (χ0) is 57.9. The minimum Gasteiger partial charge on any atom is -0.311 e. The van der Waals surface area contributed by atoms with Crippen molar-refractivity contribution in [2.24, 2.45) is 0 Å². The Balaban J connectivity index is 1.17. The van der Waals surface area contributed by atoms with Crippen LogP contribution in [0.3, 0.4) is 0 Å². The lowest BCUT2D eigenvalue weighted by atomic mass is 9.84. The maximum Gasteiger partial charge on any atom is 0.0645 e. The van der Waals surface area contributed by atoms with Gasteiger partial charge in [-0.25, -0.2) is 0 Å². The number of hydrogen-bond donors (Lipinski definition) is 0. The summed E-state index contributed by atoms with van der Waals surface area (Å²) >= 11 is 0. The molecule has 61 heavy (non-hydrogen) atoms. The summed E-state index contributed by atoms with van der Waals surface area (Å²) in [5, 5.41) is 3.01. The predicted octanol–water partition coefficient (Wildman–Crippen LogP) is 17.0. The molecule has 1 nitrogen and oxygen atoms in total.